The Balaban J connectivity index is 2.25. The van der Waals surface area contributed by atoms with Crippen LogP contribution < -0.4 is 5.73 Å². The van der Waals surface area contributed by atoms with Crippen molar-refractivity contribution in [1.29, 1.82) is 0 Å². The number of aryl methyl sites for hydroxylation is 2. The minimum Gasteiger partial charge on any atom is -0.344 e. The van der Waals surface area contributed by atoms with E-state index >= 15 is 0 Å². The van der Waals surface area contributed by atoms with E-state index in [9.17, 15) is 0 Å². The predicted molar refractivity (Wildman–Crippen MR) is 63.1 cm³/mol. The van der Waals surface area contributed by atoms with E-state index in [2.05, 4.69) is 35.8 Å². The number of nitrogens with two attached hydrogens (primary N) is 1. The summed E-state index contributed by atoms with van der Waals surface area (Å²) in [4.78, 5) is 0. The molecular formula is C13H16N2. The van der Waals surface area contributed by atoms with E-state index in [1.165, 1.54) is 28.6 Å². The third-order valence-corrected chi connectivity index (χ3v) is 3.49. The summed E-state index contributed by atoms with van der Waals surface area (Å²) in [6, 6.07) is 8.99. The second kappa shape index (κ2) is 3.11. The van der Waals surface area contributed by atoms with Crippen molar-refractivity contribution < 1.29 is 0 Å². The molecule has 1 aliphatic heterocycles. The van der Waals surface area contributed by atoms with Gasteiger partial charge in [-0.1, -0.05) is 11.6 Å². The average Bonchev–Trinajstić information content (AvgIpc) is 2.74. The van der Waals surface area contributed by atoms with Crippen LogP contribution in [-0.4, -0.2) is 11.1 Å². The Morgan fingerprint density at radius 1 is 1.40 bits per heavy atom. The Labute approximate surface area is 89.7 Å². The zero-order chi connectivity index (χ0) is 10.4. The maximum atomic E-state index is 5.79. The molecule has 2 N–H and O–H groups in total. The Morgan fingerprint density at radius 3 is 3.07 bits per heavy atom. The number of hydrogen-bond acceptors (Lipinski definition) is 1. The minimum absolute atomic E-state index is 0.567. The van der Waals surface area contributed by atoms with Crippen molar-refractivity contribution in [1.82, 2.24) is 4.57 Å². The minimum atomic E-state index is 0.567. The van der Waals surface area contributed by atoms with Crippen molar-refractivity contribution in [2.75, 3.05) is 6.54 Å². The molecule has 2 heterocycles. The van der Waals surface area contributed by atoms with Crippen molar-refractivity contribution in [2.24, 2.45) is 5.73 Å². The van der Waals surface area contributed by atoms with Crippen molar-refractivity contribution in [3.8, 4) is 0 Å². The van der Waals surface area contributed by atoms with E-state index in [0.29, 0.717) is 5.92 Å². The molecule has 0 saturated heterocycles. The first-order valence-corrected chi connectivity index (χ1v) is 5.59. The second-order valence-electron chi connectivity index (χ2n) is 4.50. The van der Waals surface area contributed by atoms with E-state index in [-0.39, 0.29) is 0 Å². The first-order valence-electron chi connectivity index (χ1n) is 5.59. The van der Waals surface area contributed by atoms with E-state index < -0.39 is 0 Å². The highest BCUT2D eigenvalue weighted by atomic mass is 15.0. The number of rotatable bonds is 1. The lowest BCUT2D eigenvalue weighted by Gasteiger charge is -2.02. The first kappa shape index (κ1) is 8.98. The Hall–Kier alpha value is -1.28. The number of nitrogens with zero attached hydrogens (tertiary/aromatic N) is 1. The van der Waals surface area contributed by atoms with Gasteiger partial charge in [0.05, 0.1) is 0 Å². The Kier molecular flexibility index (Phi) is 1.86. The van der Waals surface area contributed by atoms with Crippen molar-refractivity contribution in [3.05, 3.63) is 35.5 Å². The topological polar surface area (TPSA) is 30.9 Å². The summed E-state index contributed by atoms with van der Waals surface area (Å²) in [5.41, 5.74) is 9.91. The fourth-order valence-corrected chi connectivity index (χ4v) is 2.67. The fourth-order valence-electron chi connectivity index (χ4n) is 2.67. The largest absolute Gasteiger partial charge is 0.344 e. The van der Waals surface area contributed by atoms with Crippen molar-refractivity contribution in [2.45, 2.75) is 25.8 Å². The molecule has 1 atom stereocenters. The van der Waals surface area contributed by atoms with Gasteiger partial charge in [-0.2, -0.15) is 0 Å². The van der Waals surface area contributed by atoms with Gasteiger partial charge in [0.2, 0.25) is 0 Å². The van der Waals surface area contributed by atoms with Crippen molar-refractivity contribution >= 4 is 10.9 Å². The summed E-state index contributed by atoms with van der Waals surface area (Å²) in [5.74, 6) is 0.567. The van der Waals surface area contributed by atoms with Crippen LogP contribution in [0.15, 0.2) is 24.3 Å². The highest BCUT2D eigenvalue weighted by Gasteiger charge is 2.23. The zero-order valence-corrected chi connectivity index (χ0v) is 9.03. The highest BCUT2D eigenvalue weighted by Crippen LogP contribution is 2.33. The van der Waals surface area contributed by atoms with Crippen LogP contribution in [0.2, 0.25) is 0 Å². The maximum absolute atomic E-state index is 5.79. The van der Waals surface area contributed by atoms with Gasteiger partial charge in [0.15, 0.2) is 0 Å². The molecule has 2 heteroatoms. The predicted octanol–water partition coefficient (Wildman–Crippen LogP) is 2.40. The number of hydrogen-bond donors (Lipinski definition) is 1. The average molecular weight is 200 g/mol. The van der Waals surface area contributed by atoms with Crippen LogP contribution in [-0.2, 0) is 6.54 Å². The molecule has 0 amide bonds. The molecule has 1 aromatic heterocycles. The molecule has 0 fully saturated rings. The van der Waals surface area contributed by atoms with Gasteiger partial charge in [-0.3, -0.25) is 0 Å². The fraction of sp³-hybridized carbons (Fsp3) is 0.385. The molecule has 3 rings (SSSR count). The van der Waals surface area contributed by atoms with Gasteiger partial charge in [-0.05, 0) is 31.5 Å². The Bertz CT molecular complexity index is 510. The van der Waals surface area contributed by atoms with Gasteiger partial charge in [0, 0.05) is 35.6 Å². The van der Waals surface area contributed by atoms with Gasteiger partial charge >= 0.3 is 0 Å². The smallest absolute Gasteiger partial charge is 0.0482 e. The molecule has 2 aromatic rings. The molecule has 0 saturated carbocycles. The quantitative estimate of drug-likeness (QED) is 0.753. The molecule has 0 aliphatic carbocycles. The van der Waals surface area contributed by atoms with Gasteiger partial charge in [0.1, 0.15) is 0 Å². The van der Waals surface area contributed by atoms with Gasteiger partial charge in [-0.25, -0.2) is 0 Å². The number of benzene rings is 1. The second-order valence-corrected chi connectivity index (χ2v) is 4.50. The lowest BCUT2D eigenvalue weighted by atomic mass is 10.0. The SMILES string of the molecule is Cc1ccc2c(c1)cc1n2CCC1CN. The summed E-state index contributed by atoms with van der Waals surface area (Å²) in [7, 11) is 0. The molecule has 0 spiro atoms. The standard InChI is InChI=1S/C13H16N2/c1-9-2-3-12-11(6-9)7-13-10(8-14)4-5-15(12)13/h2-3,6-7,10H,4-5,8,14H2,1H3. The van der Waals surface area contributed by atoms with Crippen molar-refractivity contribution in [3.63, 3.8) is 0 Å². The van der Waals surface area contributed by atoms with Crippen LogP contribution in [0, 0.1) is 6.92 Å². The van der Waals surface area contributed by atoms with Gasteiger partial charge in [-0.15, -0.1) is 0 Å². The van der Waals surface area contributed by atoms with Crippen LogP contribution in [0.4, 0.5) is 0 Å². The van der Waals surface area contributed by atoms with Crippen LogP contribution in [0.3, 0.4) is 0 Å². The molecular weight excluding hydrogens is 184 g/mol. The molecule has 1 unspecified atom stereocenters. The van der Waals surface area contributed by atoms with Crippen LogP contribution >= 0.6 is 0 Å². The molecule has 78 valence electrons. The lowest BCUT2D eigenvalue weighted by molar-refractivity contribution is 0.673. The summed E-state index contributed by atoms with van der Waals surface area (Å²) < 4.78 is 2.42. The van der Waals surface area contributed by atoms with Gasteiger partial charge in [0.25, 0.3) is 0 Å². The van der Waals surface area contributed by atoms with E-state index in [4.69, 9.17) is 5.73 Å². The van der Waals surface area contributed by atoms with Crippen LogP contribution in [0.1, 0.15) is 23.6 Å². The lowest BCUT2D eigenvalue weighted by Crippen LogP contribution is -2.08. The third kappa shape index (κ3) is 1.21. The normalized spacial score (nSPS) is 19.7. The third-order valence-electron chi connectivity index (χ3n) is 3.49. The summed E-state index contributed by atoms with van der Waals surface area (Å²) in [6.07, 6.45) is 1.20. The summed E-state index contributed by atoms with van der Waals surface area (Å²) in [5, 5.41) is 1.36. The highest BCUT2D eigenvalue weighted by molar-refractivity contribution is 5.82. The molecule has 1 aromatic carbocycles. The van der Waals surface area contributed by atoms with Gasteiger partial charge < -0.3 is 10.3 Å². The molecule has 1 aliphatic rings. The van der Waals surface area contributed by atoms with E-state index in [1.54, 1.807) is 0 Å². The maximum Gasteiger partial charge on any atom is 0.0482 e. The van der Waals surface area contributed by atoms with E-state index in [1.807, 2.05) is 0 Å². The summed E-state index contributed by atoms with van der Waals surface area (Å²) in [6.45, 7) is 4.04. The monoisotopic (exact) mass is 200 g/mol. The molecule has 15 heavy (non-hydrogen) atoms. The zero-order valence-electron chi connectivity index (χ0n) is 9.03. The summed E-state index contributed by atoms with van der Waals surface area (Å²) >= 11 is 0. The van der Waals surface area contributed by atoms with Crippen LogP contribution in [0.5, 0.6) is 0 Å². The molecule has 2 nitrogen and oxygen atoms in total. The number of fused-ring (bicyclic) bond motifs is 3. The number of aromatic nitrogens is 1. The first-order chi connectivity index (χ1) is 7.29. The molecule has 0 bridgehead atoms. The Morgan fingerprint density at radius 2 is 2.27 bits per heavy atom. The van der Waals surface area contributed by atoms with E-state index in [0.717, 1.165) is 13.1 Å². The molecule has 0 radical (unpaired) electrons. The van der Waals surface area contributed by atoms with Crippen LogP contribution in [0.25, 0.3) is 10.9 Å².